The number of carbonyl (C=O) groups is 5. The first-order chi connectivity index (χ1) is 30.1. The highest BCUT2D eigenvalue weighted by molar-refractivity contribution is 8.08. The number of hydrogen-bond acceptors (Lipinski definition) is 13. The number of nitrogens with zero attached hydrogens (tertiary/aromatic N) is 5. The molecule has 2 aromatic carbocycles. The quantitative estimate of drug-likeness (QED) is 0.123. The number of nitrogens with one attached hydrogen (secondary N) is 3. The van der Waals surface area contributed by atoms with Gasteiger partial charge in [-0.25, -0.2) is 4.98 Å². The summed E-state index contributed by atoms with van der Waals surface area (Å²) in [6.45, 7) is 12.4. The fourth-order valence-corrected chi connectivity index (χ4v) is 8.31. The molecule has 0 aliphatic carbocycles. The van der Waals surface area contributed by atoms with Gasteiger partial charge in [-0.15, -0.1) is 23.1 Å². The second kappa shape index (κ2) is 23.0. The van der Waals surface area contributed by atoms with E-state index < -0.39 is 11.8 Å². The van der Waals surface area contributed by atoms with Gasteiger partial charge in [0.25, 0.3) is 17.7 Å². The number of benzene rings is 2. The molecule has 336 valence electrons. The van der Waals surface area contributed by atoms with Crippen molar-refractivity contribution in [2.24, 2.45) is 11.1 Å². The number of rotatable bonds is 12. The van der Waals surface area contributed by atoms with Crippen LogP contribution in [-0.4, -0.2) is 125 Å². The lowest BCUT2D eigenvalue weighted by atomic mass is 9.92. The van der Waals surface area contributed by atoms with Gasteiger partial charge >= 0.3 is 0 Å². The number of nitrogens with two attached hydrogens (primary N) is 1. The van der Waals surface area contributed by atoms with E-state index in [4.69, 9.17) is 10.5 Å². The van der Waals surface area contributed by atoms with Gasteiger partial charge in [0, 0.05) is 85.5 Å². The highest BCUT2D eigenvalue weighted by atomic mass is 32.2. The maximum Gasteiger partial charge on any atom is 0.257 e. The van der Waals surface area contributed by atoms with Gasteiger partial charge in [-0.05, 0) is 67.3 Å². The van der Waals surface area contributed by atoms with Crippen LogP contribution in [0.1, 0.15) is 72.4 Å². The van der Waals surface area contributed by atoms with Gasteiger partial charge in [0.2, 0.25) is 12.3 Å². The van der Waals surface area contributed by atoms with Crippen LogP contribution in [0.15, 0.2) is 77.9 Å². The lowest BCUT2D eigenvalue weighted by molar-refractivity contribution is -0.132. The molecule has 6 N–H and O–H groups in total. The number of aliphatic hydroxyl groups is 1. The lowest BCUT2D eigenvalue weighted by Gasteiger charge is -2.32. The SMILES string of the molecule is CC(C)(C)CC(=O)N1CCC(O)C1.CC1=C(c2ccc(CNC=O)cc2)SCN1.CN1CCN(C(=O)c2cc(OCC(N)=O)cc(C(=O)Nc3nc(-c4ccccn4)cs3)c2)CC1. The third kappa shape index (κ3) is 15.2. The summed E-state index contributed by atoms with van der Waals surface area (Å²) in [4.78, 5) is 74.7. The van der Waals surface area contributed by atoms with Crippen molar-refractivity contribution in [2.75, 3.05) is 64.1 Å². The van der Waals surface area contributed by atoms with E-state index in [1.165, 1.54) is 45.7 Å². The van der Waals surface area contributed by atoms with Gasteiger partial charge in [-0.1, -0.05) is 51.1 Å². The molecular weight excluding hydrogens is 843 g/mol. The number of likely N-dealkylation sites (tertiary alicyclic amines) is 1. The monoisotopic (exact) mass is 899 g/mol. The molecule has 0 radical (unpaired) electrons. The topological polar surface area (TPSA) is 212 Å². The van der Waals surface area contributed by atoms with Crippen LogP contribution in [0.5, 0.6) is 5.75 Å². The number of β-amino-alcohol motifs (C(OH)–C–C–N with tert-alkyl or cyclic N) is 1. The first kappa shape index (κ1) is 48.2. The van der Waals surface area contributed by atoms with E-state index in [0.717, 1.165) is 43.9 Å². The smallest absolute Gasteiger partial charge is 0.257 e. The number of thiazole rings is 1. The highest BCUT2D eigenvalue weighted by Crippen LogP contribution is 2.34. The molecule has 0 spiro atoms. The molecule has 4 aromatic rings. The number of piperazine rings is 1. The molecular formula is C45H57N9O7S2. The van der Waals surface area contributed by atoms with Gasteiger partial charge < -0.3 is 40.9 Å². The first-order valence-corrected chi connectivity index (χ1v) is 22.5. The number of aromatic nitrogens is 2. The van der Waals surface area contributed by atoms with Gasteiger partial charge in [0.1, 0.15) is 11.4 Å². The largest absolute Gasteiger partial charge is 0.484 e. The molecule has 3 aliphatic heterocycles. The van der Waals surface area contributed by atoms with Gasteiger partial charge in [-0.2, -0.15) is 0 Å². The van der Waals surface area contributed by atoms with Gasteiger partial charge in [0.05, 0.1) is 17.7 Å². The van der Waals surface area contributed by atoms with Crippen molar-refractivity contribution in [1.82, 2.24) is 35.3 Å². The number of aliphatic hydroxyl groups excluding tert-OH is 1. The number of thioether (sulfide) groups is 1. The number of likely N-dealkylation sites (N-methyl/N-ethyl adjacent to an activating group) is 1. The molecule has 5 heterocycles. The van der Waals surface area contributed by atoms with Crippen LogP contribution < -0.4 is 26.4 Å². The third-order valence-electron chi connectivity index (χ3n) is 9.94. The Morgan fingerprint density at radius 2 is 1.71 bits per heavy atom. The molecule has 2 saturated heterocycles. The number of carbonyl (C=O) groups excluding carboxylic acids is 5. The average Bonchev–Trinajstić information content (AvgIpc) is 4.04. The van der Waals surface area contributed by atoms with Crippen LogP contribution in [0.25, 0.3) is 16.3 Å². The van der Waals surface area contributed by atoms with Crippen LogP contribution in [0.4, 0.5) is 5.13 Å². The molecule has 2 fully saturated rings. The van der Waals surface area contributed by atoms with Crippen molar-refractivity contribution < 1.29 is 33.8 Å². The maximum atomic E-state index is 13.1. The predicted octanol–water partition coefficient (Wildman–Crippen LogP) is 4.64. The van der Waals surface area contributed by atoms with E-state index in [0.29, 0.717) is 54.7 Å². The van der Waals surface area contributed by atoms with E-state index in [-0.39, 0.29) is 41.3 Å². The molecule has 0 saturated carbocycles. The summed E-state index contributed by atoms with van der Waals surface area (Å²) in [5.74, 6) is 0.000429. The normalized spacial score (nSPS) is 16.2. The molecule has 1 unspecified atom stereocenters. The first-order valence-electron chi connectivity index (χ1n) is 20.6. The van der Waals surface area contributed by atoms with Crippen LogP contribution in [0.2, 0.25) is 0 Å². The highest BCUT2D eigenvalue weighted by Gasteiger charge is 2.27. The Kier molecular flexibility index (Phi) is 17.6. The summed E-state index contributed by atoms with van der Waals surface area (Å²) in [7, 11) is 2.00. The Morgan fingerprint density at radius 3 is 2.32 bits per heavy atom. The van der Waals surface area contributed by atoms with Crippen LogP contribution in [0.3, 0.4) is 0 Å². The Labute approximate surface area is 376 Å². The number of ether oxygens (including phenoxy) is 1. The van der Waals surface area contributed by atoms with Gasteiger partial charge in [0.15, 0.2) is 11.7 Å². The summed E-state index contributed by atoms with van der Waals surface area (Å²) in [6, 6.07) is 18.3. The van der Waals surface area contributed by atoms with E-state index in [1.807, 2.05) is 49.1 Å². The summed E-state index contributed by atoms with van der Waals surface area (Å²) < 4.78 is 5.41. The van der Waals surface area contributed by atoms with Crippen LogP contribution in [-0.2, 0) is 20.9 Å². The molecule has 0 bridgehead atoms. The van der Waals surface area contributed by atoms with E-state index in [1.54, 1.807) is 21.4 Å². The van der Waals surface area contributed by atoms with Crippen molar-refractivity contribution in [1.29, 1.82) is 0 Å². The van der Waals surface area contributed by atoms with Crippen molar-refractivity contribution in [3.8, 4) is 17.1 Å². The fraction of sp³-hybridized carbons (Fsp3) is 0.400. The lowest BCUT2D eigenvalue weighted by Crippen LogP contribution is -2.47. The molecule has 5 amide bonds. The van der Waals surface area contributed by atoms with Crippen LogP contribution in [0, 0.1) is 5.41 Å². The molecule has 1 atom stereocenters. The molecule has 3 aliphatic rings. The Morgan fingerprint density at radius 1 is 0.984 bits per heavy atom. The van der Waals surface area contributed by atoms with E-state index in [9.17, 15) is 29.1 Å². The standard InChI is InChI=1S/C23H24N6O4S.C12H14N2OS.C10H19NO2/c1-28-6-8-29(9-7-28)22(32)16-10-15(11-17(12-16)33-13-20(24)30)21(31)27-23-26-19(14-34-23)18-4-2-3-5-25-18;1-9-12(16-8-14-9)11-4-2-10(3-5-11)6-13-7-15;1-10(2,3)6-9(13)11-5-4-8(12)7-11/h2-5,10-12,14H,6-9,13H2,1H3,(H2,24,30)(H,26,27,31);2-5,7,14H,6,8H2,1H3,(H,13,15);8,12H,4-7H2,1-3H3. The summed E-state index contributed by atoms with van der Waals surface area (Å²) in [6.07, 6.45) is 3.39. The molecule has 16 nitrogen and oxygen atoms in total. The van der Waals surface area contributed by atoms with E-state index >= 15 is 0 Å². The Bertz CT molecular complexity index is 2220. The second-order valence-electron chi connectivity index (χ2n) is 16.4. The predicted molar refractivity (Wildman–Crippen MR) is 247 cm³/mol. The molecule has 18 heteroatoms. The minimum absolute atomic E-state index is 0.0463. The van der Waals surface area contributed by atoms with E-state index in [2.05, 4.69) is 70.6 Å². The zero-order valence-corrected chi connectivity index (χ0v) is 38.0. The number of primary amides is 1. The molecule has 2 aromatic heterocycles. The summed E-state index contributed by atoms with van der Waals surface area (Å²) in [5, 5.41) is 20.1. The number of anilines is 1. The minimum Gasteiger partial charge on any atom is -0.484 e. The number of amides is 5. The summed E-state index contributed by atoms with van der Waals surface area (Å²) in [5.41, 5.74) is 10.7. The number of pyridine rings is 1. The molecule has 63 heavy (non-hydrogen) atoms. The van der Waals surface area contributed by atoms with Crippen molar-refractivity contribution in [3.05, 3.63) is 100 Å². The minimum atomic E-state index is -0.661. The number of hydrogen-bond donors (Lipinski definition) is 5. The van der Waals surface area contributed by atoms with Crippen LogP contribution >= 0.6 is 23.1 Å². The van der Waals surface area contributed by atoms with Crippen molar-refractivity contribution >= 4 is 63.2 Å². The molecule has 7 rings (SSSR count). The third-order valence-corrected chi connectivity index (χ3v) is 11.8. The van der Waals surface area contributed by atoms with Gasteiger partial charge in [-0.3, -0.25) is 34.3 Å². The summed E-state index contributed by atoms with van der Waals surface area (Å²) >= 11 is 3.09. The second-order valence-corrected chi connectivity index (χ2v) is 18.3. The average molecular weight is 900 g/mol. The zero-order valence-electron chi connectivity index (χ0n) is 36.4. The zero-order chi connectivity index (χ0) is 45.5. The Balaban J connectivity index is 0.000000212. The van der Waals surface area contributed by atoms with Crippen molar-refractivity contribution in [2.45, 2.75) is 53.2 Å². The fourth-order valence-electron chi connectivity index (χ4n) is 6.59. The maximum absolute atomic E-state index is 13.1. The Hall–Kier alpha value is -5.82. The number of allylic oxidation sites excluding steroid dienone is 1. The van der Waals surface area contributed by atoms with Crippen molar-refractivity contribution in [3.63, 3.8) is 0 Å².